The van der Waals surface area contributed by atoms with E-state index in [1.165, 1.54) is 0 Å². The highest BCUT2D eigenvalue weighted by atomic mass is 15.3. The van der Waals surface area contributed by atoms with Crippen molar-refractivity contribution in [2.45, 2.75) is 19.9 Å². The molecule has 1 saturated heterocycles. The number of piperazine rings is 1. The van der Waals surface area contributed by atoms with Gasteiger partial charge in [0.05, 0.1) is 11.6 Å². The second-order valence-corrected chi connectivity index (χ2v) is 6.07. The third-order valence-corrected chi connectivity index (χ3v) is 4.36. The molecule has 5 heteroatoms. The lowest BCUT2D eigenvalue weighted by atomic mass is 10.1. The third kappa shape index (κ3) is 3.33. The Morgan fingerprint density at radius 3 is 2.39 bits per heavy atom. The van der Waals surface area contributed by atoms with Crippen LogP contribution in [0.15, 0.2) is 36.8 Å². The standard InChI is InChI=1S/C18H21N5/c1-14(2)22-7-9-23(10-8-22)18-17(12-20-13-21-18)16-5-3-15(11-19)4-6-16/h3-6,12-14H,7-10H2,1-2H3. The first kappa shape index (κ1) is 15.4. The van der Waals surface area contributed by atoms with Crippen molar-refractivity contribution in [1.82, 2.24) is 14.9 Å². The Bertz CT molecular complexity index is 694. The van der Waals surface area contributed by atoms with Gasteiger partial charge in [-0.05, 0) is 31.5 Å². The largest absolute Gasteiger partial charge is 0.353 e. The molecule has 118 valence electrons. The molecule has 1 aromatic carbocycles. The van der Waals surface area contributed by atoms with Gasteiger partial charge in [-0.1, -0.05) is 12.1 Å². The number of benzene rings is 1. The maximum Gasteiger partial charge on any atom is 0.139 e. The molecule has 1 aliphatic heterocycles. The molecule has 0 N–H and O–H groups in total. The van der Waals surface area contributed by atoms with E-state index < -0.39 is 0 Å². The summed E-state index contributed by atoms with van der Waals surface area (Å²) in [5, 5.41) is 8.94. The molecule has 0 amide bonds. The van der Waals surface area contributed by atoms with Crippen molar-refractivity contribution in [3.8, 4) is 17.2 Å². The third-order valence-electron chi connectivity index (χ3n) is 4.36. The van der Waals surface area contributed by atoms with E-state index in [4.69, 9.17) is 5.26 Å². The van der Waals surface area contributed by atoms with Crippen molar-refractivity contribution < 1.29 is 0 Å². The van der Waals surface area contributed by atoms with Crippen LogP contribution in [-0.2, 0) is 0 Å². The first-order valence-electron chi connectivity index (χ1n) is 7.98. The molecule has 1 aliphatic rings. The van der Waals surface area contributed by atoms with Crippen LogP contribution in [-0.4, -0.2) is 47.1 Å². The van der Waals surface area contributed by atoms with Gasteiger partial charge in [-0.15, -0.1) is 0 Å². The molecule has 2 heterocycles. The minimum atomic E-state index is 0.584. The van der Waals surface area contributed by atoms with Crippen molar-refractivity contribution in [2.24, 2.45) is 0 Å². The summed E-state index contributed by atoms with van der Waals surface area (Å²) in [7, 11) is 0. The SMILES string of the molecule is CC(C)N1CCN(c2ncncc2-c2ccc(C#N)cc2)CC1. The molecule has 0 spiro atoms. The lowest BCUT2D eigenvalue weighted by Crippen LogP contribution is -2.49. The van der Waals surface area contributed by atoms with Gasteiger partial charge in [0, 0.05) is 44.0 Å². The maximum absolute atomic E-state index is 8.94. The second kappa shape index (κ2) is 6.76. The highest BCUT2D eigenvalue weighted by Crippen LogP contribution is 2.29. The monoisotopic (exact) mass is 307 g/mol. The number of aromatic nitrogens is 2. The molecule has 1 aromatic heterocycles. The minimum Gasteiger partial charge on any atom is -0.353 e. The Balaban J connectivity index is 1.85. The van der Waals surface area contributed by atoms with E-state index in [2.05, 4.69) is 39.7 Å². The van der Waals surface area contributed by atoms with Gasteiger partial charge in [0.25, 0.3) is 0 Å². The predicted octanol–water partition coefficient (Wildman–Crippen LogP) is 2.55. The average molecular weight is 307 g/mol. The Morgan fingerprint density at radius 1 is 1.09 bits per heavy atom. The summed E-state index contributed by atoms with van der Waals surface area (Å²) in [5.74, 6) is 0.980. The van der Waals surface area contributed by atoms with Crippen LogP contribution >= 0.6 is 0 Å². The Morgan fingerprint density at radius 2 is 1.78 bits per heavy atom. The van der Waals surface area contributed by atoms with E-state index in [1.807, 2.05) is 30.5 Å². The maximum atomic E-state index is 8.94. The lowest BCUT2D eigenvalue weighted by molar-refractivity contribution is 0.209. The first-order valence-corrected chi connectivity index (χ1v) is 7.98. The van der Waals surface area contributed by atoms with E-state index in [1.54, 1.807) is 6.33 Å². The average Bonchev–Trinajstić information content (AvgIpc) is 2.62. The minimum absolute atomic E-state index is 0.584. The van der Waals surface area contributed by atoms with E-state index >= 15 is 0 Å². The molecule has 5 nitrogen and oxygen atoms in total. The molecule has 0 aliphatic carbocycles. The van der Waals surface area contributed by atoms with Gasteiger partial charge in [0.2, 0.25) is 0 Å². The van der Waals surface area contributed by atoms with Crippen molar-refractivity contribution >= 4 is 5.82 Å². The molecule has 0 radical (unpaired) electrons. The Labute approximate surface area is 137 Å². The lowest BCUT2D eigenvalue weighted by Gasteiger charge is -2.38. The van der Waals surface area contributed by atoms with Crippen molar-refractivity contribution in [2.75, 3.05) is 31.1 Å². The van der Waals surface area contributed by atoms with Gasteiger partial charge in [0.1, 0.15) is 12.1 Å². The summed E-state index contributed by atoms with van der Waals surface area (Å²) in [6, 6.07) is 10.3. The summed E-state index contributed by atoms with van der Waals surface area (Å²) in [5.41, 5.74) is 2.73. The van der Waals surface area contributed by atoms with Gasteiger partial charge in [-0.2, -0.15) is 5.26 Å². The smallest absolute Gasteiger partial charge is 0.139 e. The number of nitrogens with zero attached hydrogens (tertiary/aromatic N) is 5. The highest BCUT2D eigenvalue weighted by molar-refractivity contribution is 5.75. The van der Waals surface area contributed by atoms with Crippen LogP contribution in [0.5, 0.6) is 0 Å². The molecule has 0 bridgehead atoms. The van der Waals surface area contributed by atoms with E-state index in [-0.39, 0.29) is 0 Å². The van der Waals surface area contributed by atoms with Crippen LogP contribution < -0.4 is 4.90 Å². The number of rotatable bonds is 3. The molecular formula is C18H21N5. The van der Waals surface area contributed by atoms with Crippen LogP contribution in [0.25, 0.3) is 11.1 Å². The molecule has 0 unspecified atom stereocenters. The molecule has 0 saturated carbocycles. The number of hydrogen-bond donors (Lipinski definition) is 0. The Hall–Kier alpha value is -2.45. The predicted molar refractivity (Wildman–Crippen MR) is 91.1 cm³/mol. The zero-order chi connectivity index (χ0) is 16.2. The van der Waals surface area contributed by atoms with Crippen molar-refractivity contribution in [3.05, 3.63) is 42.4 Å². The van der Waals surface area contributed by atoms with E-state index in [0.29, 0.717) is 11.6 Å². The fourth-order valence-electron chi connectivity index (χ4n) is 2.95. The normalized spacial score (nSPS) is 15.7. The molecule has 3 rings (SSSR count). The summed E-state index contributed by atoms with van der Waals surface area (Å²) < 4.78 is 0. The van der Waals surface area contributed by atoms with Crippen LogP contribution in [0.1, 0.15) is 19.4 Å². The molecule has 23 heavy (non-hydrogen) atoms. The number of hydrogen-bond acceptors (Lipinski definition) is 5. The fourth-order valence-corrected chi connectivity index (χ4v) is 2.95. The molecular weight excluding hydrogens is 286 g/mol. The van der Waals surface area contributed by atoms with E-state index in [9.17, 15) is 0 Å². The quantitative estimate of drug-likeness (QED) is 0.872. The summed E-state index contributed by atoms with van der Waals surface area (Å²) in [6.45, 7) is 8.52. The van der Waals surface area contributed by atoms with Crippen molar-refractivity contribution in [3.63, 3.8) is 0 Å². The van der Waals surface area contributed by atoms with Crippen LogP contribution in [0.2, 0.25) is 0 Å². The summed E-state index contributed by atoms with van der Waals surface area (Å²) in [4.78, 5) is 13.5. The second-order valence-electron chi connectivity index (χ2n) is 6.07. The topological polar surface area (TPSA) is 56.1 Å². The molecule has 1 fully saturated rings. The van der Waals surface area contributed by atoms with Crippen LogP contribution in [0.3, 0.4) is 0 Å². The summed E-state index contributed by atoms with van der Waals surface area (Å²) in [6.07, 6.45) is 3.47. The highest BCUT2D eigenvalue weighted by Gasteiger charge is 2.22. The fraction of sp³-hybridized carbons (Fsp3) is 0.389. The number of nitriles is 1. The van der Waals surface area contributed by atoms with Gasteiger partial charge >= 0.3 is 0 Å². The zero-order valence-electron chi connectivity index (χ0n) is 13.6. The van der Waals surface area contributed by atoms with Gasteiger partial charge < -0.3 is 4.90 Å². The van der Waals surface area contributed by atoms with Gasteiger partial charge in [-0.25, -0.2) is 9.97 Å². The first-order chi connectivity index (χ1) is 11.2. The number of anilines is 1. The molecule has 2 aromatic rings. The summed E-state index contributed by atoms with van der Waals surface area (Å²) >= 11 is 0. The van der Waals surface area contributed by atoms with E-state index in [0.717, 1.165) is 43.1 Å². The van der Waals surface area contributed by atoms with Crippen LogP contribution in [0, 0.1) is 11.3 Å². The van der Waals surface area contributed by atoms with Gasteiger partial charge in [-0.3, -0.25) is 4.90 Å². The Kier molecular flexibility index (Phi) is 4.54. The zero-order valence-corrected chi connectivity index (χ0v) is 13.6. The van der Waals surface area contributed by atoms with Gasteiger partial charge in [0.15, 0.2) is 0 Å². The van der Waals surface area contributed by atoms with Crippen LogP contribution in [0.4, 0.5) is 5.82 Å². The molecule has 0 atom stereocenters. The van der Waals surface area contributed by atoms with Crippen molar-refractivity contribution in [1.29, 1.82) is 5.26 Å².